The van der Waals surface area contributed by atoms with Crippen molar-refractivity contribution in [2.45, 2.75) is 64.4 Å². The molecule has 5 rings (SSSR count). The van der Waals surface area contributed by atoms with Gasteiger partial charge in [-0.3, -0.25) is 4.79 Å². The average Bonchev–Trinajstić information content (AvgIpc) is 3.41. The number of benzene rings is 3. The lowest BCUT2D eigenvalue weighted by atomic mass is 9.94. The van der Waals surface area contributed by atoms with Gasteiger partial charge in [0, 0.05) is 22.2 Å². The number of allylic oxidation sites excluding steroid dienone is 1. The summed E-state index contributed by atoms with van der Waals surface area (Å²) in [4.78, 5) is 18.9. The third-order valence-corrected chi connectivity index (χ3v) is 8.84. The minimum absolute atomic E-state index is 0.221. The molecule has 0 saturated carbocycles. The van der Waals surface area contributed by atoms with E-state index in [-0.39, 0.29) is 5.91 Å². The summed E-state index contributed by atoms with van der Waals surface area (Å²) in [6, 6.07) is 18.9. The Labute approximate surface area is 268 Å². The predicted molar refractivity (Wildman–Crippen MR) is 178 cm³/mol. The van der Waals surface area contributed by atoms with E-state index in [0.717, 1.165) is 40.8 Å². The van der Waals surface area contributed by atoms with Crippen LogP contribution in [-0.4, -0.2) is 33.9 Å². The number of carbonyl (C=O) groups is 1. The third kappa shape index (κ3) is 6.89. The van der Waals surface area contributed by atoms with Crippen molar-refractivity contribution in [2.75, 3.05) is 23.8 Å². The van der Waals surface area contributed by atoms with Crippen LogP contribution in [0.15, 0.2) is 77.1 Å². The highest BCUT2D eigenvalue weighted by Crippen LogP contribution is 2.40. The van der Waals surface area contributed by atoms with Crippen LogP contribution in [0.25, 0.3) is 0 Å². The van der Waals surface area contributed by atoms with E-state index in [1.165, 1.54) is 11.8 Å². The molecule has 0 bridgehead atoms. The fourth-order valence-electron chi connectivity index (χ4n) is 5.04. The van der Waals surface area contributed by atoms with Gasteiger partial charge < -0.3 is 20.1 Å². The van der Waals surface area contributed by atoms with Crippen LogP contribution in [0.1, 0.15) is 61.9 Å². The van der Waals surface area contributed by atoms with Gasteiger partial charge in [-0.25, -0.2) is 4.68 Å². The maximum absolute atomic E-state index is 14.1. The highest BCUT2D eigenvalue weighted by molar-refractivity contribution is 7.98. The maximum Gasteiger partial charge on any atom is 0.255 e. The van der Waals surface area contributed by atoms with Crippen molar-refractivity contribution >= 4 is 40.9 Å². The van der Waals surface area contributed by atoms with Gasteiger partial charge in [-0.05, 0) is 80.6 Å². The molecular formula is C34H38ClN5O3S. The molecule has 10 heteroatoms. The monoisotopic (exact) mass is 631 g/mol. The Hall–Kier alpha value is -3.95. The summed E-state index contributed by atoms with van der Waals surface area (Å²) < 4.78 is 13.9. The van der Waals surface area contributed by atoms with Crippen LogP contribution in [-0.2, 0) is 10.5 Å². The smallest absolute Gasteiger partial charge is 0.255 e. The fraction of sp³-hybridized carbons (Fsp3) is 0.324. The van der Waals surface area contributed by atoms with Crippen LogP contribution in [0.3, 0.4) is 0 Å². The van der Waals surface area contributed by atoms with E-state index in [1.54, 1.807) is 4.68 Å². The highest BCUT2D eigenvalue weighted by Gasteiger charge is 2.35. The van der Waals surface area contributed by atoms with Crippen LogP contribution >= 0.6 is 23.4 Å². The van der Waals surface area contributed by atoms with Crippen LogP contribution < -0.4 is 20.1 Å². The molecule has 2 heterocycles. The Balaban J connectivity index is 1.54. The van der Waals surface area contributed by atoms with Crippen LogP contribution in [0, 0.1) is 13.8 Å². The topological polar surface area (TPSA) is 90.3 Å². The van der Waals surface area contributed by atoms with E-state index in [1.807, 2.05) is 88.4 Å². The number of nitrogens with one attached hydrogen (secondary N) is 2. The Morgan fingerprint density at radius 3 is 2.64 bits per heavy atom. The van der Waals surface area contributed by atoms with Gasteiger partial charge in [0.1, 0.15) is 6.04 Å². The van der Waals surface area contributed by atoms with E-state index in [2.05, 4.69) is 17.6 Å². The molecule has 230 valence electrons. The van der Waals surface area contributed by atoms with Crippen molar-refractivity contribution < 1.29 is 14.3 Å². The predicted octanol–water partition coefficient (Wildman–Crippen LogP) is 8.35. The first-order valence-corrected chi connectivity index (χ1v) is 16.2. The molecule has 0 saturated heterocycles. The minimum Gasteiger partial charge on any atom is -0.490 e. The van der Waals surface area contributed by atoms with E-state index in [9.17, 15) is 4.79 Å². The summed E-state index contributed by atoms with van der Waals surface area (Å²) in [6.45, 7) is 11.1. The number of thioether (sulfide) groups is 1. The number of anilines is 2. The van der Waals surface area contributed by atoms with Gasteiger partial charge in [0.15, 0.2) is 11.5 Å². The Kier molecular flexibility index (Phi) is 10.2. The normalized spacial score (nSPS) is 14.2. The summed E-state index contributed by atoms with van der Waals surface area (Å²) in [7, 11) is 0. The Bertz CT molecular complexity index is 1690. The van der Waals surface area contributed by atoms with Gasteiger partial charge in [0.25, 0.3) is 5.91 Å². The van der Waals surface area contributed by atoms with E-state index >= 15 is 0 Å². The van der Waals surface area contributed by atoms with Gasteiger partial charge >= 0.3 is 0 Å². The number of aryl methyl sites for hydroxylation is 1. The zero-order chi connectivity index (χ0) is 31.2. The van der Waals surface area contributed by atoms with Crippen molar-refractivity contribution in [1.29, 1.82) is 0 Å². The summed E-state index contributed by atoms with van der Waals surface area (Å²) in [5, 5.41) is 12.7. The van der Waals surface area contributed by atoms with Gasteiger partial charge in [-0.1, -0.05) is 73.1 Å². The van der Waals surface area contributed by atoms with E-state index in [0.29, 0.717) is 57.9 Å². The Morgan fingerprint density at radius 1 is 1.05 bits per heavy atom. The molecule has 1 aliphatic rings. The molecule has 1 amide bonds. The number of amides is 1. The molecule has 2 N–H and O–H groups in total. The Morgan fingerprint density at radius 2 is 1.86 bits per heavy atom. The number of rotatable bonds is 12. The van der Waals surface area contributed by atoms with E-state index < -0.39 is 6.04 Å². The molecule has 1 aromatic heterocycles. The maximum atomic E-state index is 14.1. The summed E-state index contributed by atoms with van der Waals surface area (Å²) in [5.74, 6) is 2.25. The van der Waals surface area contributed by atoms with Crippen molar-refractivity contribution in [3.63, 3.8) is 0 Å². The number of fused-ring (bicyclic) bond motifs is 1. The number of hydrogen-bond acceptors (Lipinski definition) is 7. The molecule has 1 unspecified atom stereocenters. The number of ether oxygens (including phenoxy) is 2. The number of nitrogens with zero attached hydrogens (tertiary/aromatic N) is 3. The van der Waals surface area contributed by atoms with Gasteiger partial charge in [0.2, 0.25) is 11.1 Å². The van der Waals surface area contributed by atoms with E-state index in [4.69, 9.17) is 31.2 Å². The number of aromatic nitrogens is 3. The summed E-state index contributed by atoms with van der Waals surface area (Å²) >= 11 is 7.89. The van der Waals surface area contributed by atoms with Gasteiger partial charge in [-0.15, -0.1) is 5.10 Å². The average molecular weight is 632 g/mol. The first kappa shape index (κ1) is 31.5. The zero-order valence-electron chi connectivity index (χ0n) is 25.7. The van der Waals surface area contributed by atoms with Crippen molar-refractivity contribution in [1.82, 2.24) is 14.8 Å². The van der Waals surface area contributed by atoms with Crippen molar-refractivity contribution in [3.8, 4) is 11.5 Å². The standard InChI is InChI=1S/C34H38ClN5O3S/c1-6-8-18-43-28-17-16-24(19-29(28)42-7-2)31-30(32(41)37-27-15-11-12-21(3)22(27)4)23(5)36-33-38-34(39-40(31)33)44-20-25-13-9-10-14-26(25)35/h9-17,19,31H,6-8,18,20H2,1-5H3,(H,37,41)(H,36,38,39). The molecular weight excluding hydrogens is 594 g/mol. The lowest BCUT2D eigenvalue weighted by molar-refractivity contribution is -0.113. The molecule has 1 atom stereocenters. The second-order valence-electron chi connectivity index (χ2n) is 10.7. The second kappa shape index (κ2) is 14.2. The molecule has 8 nitrogen and oxygen atoms in total. The van der Waals surface area contributed by atoms with Crippen LogP contribution in [0.2, 0.25) is 5.02 Å². The molecule has 1 aliphatic heterocycles. The quantitative estimate of drug-likeness (QED) is 0.120. The molecule has 3 aromatic carbocycles. The van der Waals surface area contributed by atoms with Crippen molar-refractivity contribution in [3.05, 3.63) is 99.2 Å². The second-order valence-corrected chi connectivity index (χ2v) is 12.0. The first-order valence-electron chi connectivity index (χ1n) is 14.9. The molecule has 0 aliphatic carbocycles. The minimum atomic E-state index is -0.567. The first-order chi connectivity index (χ1) is 21.3. The van der Waals surface area contributed by atoms with Crippen LogP contribution in [0.4, 0.5) is 11.6 Å². The largest absolute Gasteiger partial charge is 0.490 e. The zero-order valence-corrected chi connectivity index (χ0v) is 27.3. The van der Waals surface area contributed by atoms with Gasteiger partial charge in [-0.2, -0.15) is 4.98 Å². The number of halogens is 1. The molecule has 0 spiro atoms. The molecule has 4 aromatic rings. The van der Waals surface area contributed by atoms with Crippen LogP contribution in [0.5, 0.6) is 11.5 Å². The number of hydrogen-bond donors (Lipinski definition) is 2. The summed E-state index contributed by atoms with van der Waals surface area (Å²) in [5.41, 5.74) is 5.95. The molecule has 44 heavy (non-hydrogen) atoms. The number of unbranched alkanes of at least 4 members (excludes halogenated alkanes) is 1. The number of carbonyl (C=O) groups excluding carboxylic acids is 1. The SMILES string of the molecule is CCCCOc1ccc(C2C(C(=O)Nc3cccc(C)c3C)=C(C)Nc3nc(SCc4ccccc4Cl)nn32)cc1OCC. The highest BCUT2D eigenvalue weighted by atomic mass is 35.5. The molecule has 0 fully saturated rings. The lowest BCUT2D eigenvalue weighted by Gasteiger charge is -2.29. The fourth-order valence-corrected chi connectivity index (χ4v) is 6.15. The van der Waals surface area contributed by atoms with Gasteiger partial charge in [0.05, 0.1) is 18.8 Å². The van der Waals surface area contributed by atoms with Crippen molar-refractivity contribution in [2.24, 2.45) is 0 Å². The third-order valence-electron chi connectivity index (χ3n) is 7.58. The molecule has 0 radical (unpaired) electrons. The lowest BCUT2D eigenvalue weighted by Crippen LogP contribution is -2.31. The summed E-state index contributed by atoms with van der Waals surface area (Å²) in [6.07, 6.45) is 1.98.